The summed E-state index contributed by atoms with van der Waals surface area (Å²) in [5.74, 6) is 3.84. The quantitative estimate of drug-likeness (QED) is 0.700. The molecule has 0 aliphatic carbocycles. The van der Waals surface area contributed by atoms with E-state index in [2.05, 4.69) is 71.9 Å². The van der Waals surface area contributed by atoms with Gasteiger partial charge in [0.2, 0.25) is 0 Å². The smallest absolute Gasteiger partial charge is 0.155 e. The third-order valence-electron chi connectivity index (χ3n) is 4.23. The summed E-state index contributed by atoms with van der Waals surface area (Å²) in [6.45, 7) is 12.8. The Kier molecular flexibility index (Phi) is 6.36. The van der Waals surface area contributed by atoms with Gasteiger partial charge in [-0.3, -0.25) is 10.2 Å². The molecule has 0 radical (unpaired) electrons. The zero-order chi connectivity index (χ0) is 18.5. The highest BCUT2D eigenvalue weighted by atomic mass is 15.2. The normalized spacial score (nSPS) is 12.7. The first kappa shape index (κ1) is 19.6. The second-order valence-electron chi connectivity index (χ2n) is 8.98. The number of aromatic nitrogens is 6. The molecule has 2 aromatic heterocycles. The van der Waals surface area contributed by atoms with Crippen molar-refractivity contribution in [2.75, 3.05) is 0 Å². The van der Waals surface area contributed by atoms with E-state index in [0.717, 1.165) is 49.0 Å². The number of hydrogen-bond donors (Lipinski definition) is 2. The SMILES string of the molecule is CC(C)(C)c1n[nH]c(CCCCCCCc2nc(C(C)(C)C)n[nH]2)n1. The van der Waals surface area contributed by atoms with Crippen LogP contribution in [0.4, 0.5) is 0 Å². The molecule has 25 heavy (non-hydrogen) atoms. The monoisotopic (exact) mass is 346 g/mol. The van der Waals surface area contributed by atoms with Crippen LogP contribution in [0, 0.1) is 0 Å². The fraction of sp³-hybridized carbons (Fsp3) is 0.789. The molecule has 2 rings (SSSR count). The van der Waals surface area contributed by atoms with Gasteiger partial charge >= 0.3 is 0 Å². The molecule has 2 aromatic rings. The summed E-state index contributed by atoms with van der Waals surface area (Å²) in [5, 5.41) is 14.8. The number of nitrogens with one attached hydrogen (secondary N) is 2. The maximum Gasteiger partial charge on any atom is 0.155 e. The fourth-order valence-corrected chi connectivity index (χ4v) is 2.60. The lowest BCUT2D eigenvalue weighted by Crippen LogP contribution is -2.13. The van der Waals surface area contributed by atoms with Gasteiger partial charge in [-0.05, 0) is 12.8 Å². The summed E-state index contributed by atoms with van der Waals surface area (Å²) in [4.78, 5) is 9.18. The summed E-state index contributed by atoms with van der Waals surface area (Å²) >= 11 is 0. The van der Waals surface area contributed by atoms with E-state index >= 15 is 0 Å². The highest BCUT2D eigenvalue weighted by Crippen LogP contribution is 2.19. The fourth-order valence-electron chi connectivity index (χ4n) is 2.60. The van der Waals surface area contributed by atoms with Crippen LogP contribution in [0.1, 0.15) is 96.9 Å². The van der Waals surface area contributed by atoms with Crippen LogP contribution in [0.25, 0.3) is 0 Å². The average molecular weight is 347 g/mol. The van der Waals surface area contributed by atoms with E-state index in [9.17, 15) is 0 Å². The number of H-pyrrole nitrogens is 2. The van der Waals surface area contributed by atoms with Gasteiger partial charge in [0, 0.05) is 23.7 Å². The first-order valence-corrected chi connectivity index (χ1v) is 9.50. The second-order valence-corrected chi connectivity index (χ2v) is 8.98. The summed E-state index contributed by atoms with van der Waals surface area (Å²) in [6.07, 6.45) is 8.01. The van der Waals surface area contributed by atoms with Crippen molar-refractivity contribution >= 4 is 0 Å². The third kappa shape index (κ3) is 6.25. The van der Waals surface area contributed by atoms with Crippen LogP contribution in [0.15, 0.2) is 0 Å². The molecule has 0 aliphatic heterocycles. The van der Waals surface area contributed by atoms with E-state index in [1.165, 1.54) is 19.3 Å². The number of hydrogen-bond acceptors (Lipinski definition) is 4. The molecule has 0 unspecified atom stereocenters. The Labute approximate surface area is 151 Å². The van der Waals surface area contributed by atoms with Gasteiger partial charge < -0.3 is 0 Å². The minimum atomic E-state index is 0.0162. The maximum atomic E-state index is 4.59. The van der Waals surface area contributed by atoms with Gasteiger partial charge in [0.1, 0.15) is 11.6 Å². The summed E-state index contributed by atoms with van der Waals surface area (Å²) in [7, 11) is 0. The molecule has 0 bridgehead atoms. The largest absolute Gasteiger partial charge is 0.263 e. The molecule has 2 heterocycles. The Morgan fingerprint density at radius 3 is 1.28 bits per heavy atom. The molecule has 0 fully saturated rings. The van der Waals surface area contributed by atoms with Crippen LogP contribution in [0.3, 0.4) is 0 Å². The minimum absolute atomic E-state index is 0.0162. The number of aromatic amines is 2. The molecular formula is C19H34N6. The molecule has 0 aliphatic rings. The molecule has 0 aromatic carbocycles. The molecule has 6 heteroatoms. The molecule has 140 valence electrons. The molecule has 0 saturated carbocycles. The van der Waals surface area contributed by atoms with Crippen LogP contribution in [-0.4, -0.2) is 30.4 Å². The molecule has 2 N–H and O–H groups in total. The highest BCUT2D eigenvalue weighted by molar-refractivity contribution is 5.02. The van der Waals surface area contributed by atoms with Crippen LogP contribution in [0.5, 0.6) is 0 Å². The Bertz CT molecular complexity index is 585. The first-order valence-electron chi connectivity index (χ1n) is 9.50. The van der Waals surface area contributed by atoms with Gasteiger partial charge in [-0.2, -0.15) is 10.2 Å². The lowest BCUT2D eigenvalue weighted by atomic mass is 9.96. The van der Waals surface area contributed by atoms with Crippen molar-refractivity contribution in [1.82, 2.24) is 30.4 Å². The van der Waals surface area contributed by atoms with Crippen LogP contribution < -0.4 is 0 Å². The Balaban J connectivity index is 1.58. The van der Waals surface area contributed by atoms with Crippen LogP contribution >= 0.6 is 0 Å². The standard InChI is InChI=1S/C19H34N6/c1-18(2,3)16-20-14(22-24-16)12-10-8-7-9-11-13-15-21-17(25-23-15)19(4,5)6/h7-13H2,1-6H3,(H,20,22,24)(H,21,23,25). The second kappa shape index (κ2) is 8.11. The van der Waals surface area contributed by atoms with Gasteiger partial charge in [0.25, 0.3) is 0 Å². The zero-order valence-corrected chi connectivity index (χ0v) is 16.7. The summed E-state index contributed by atoms with van der Waals surface area (Å²) in [5.41, 5.74) is 0.0324. The Morgan fingerprint density at radius 1 is 0.600 bits per heavy atom. The third-order valence-corrected chi connectivity index (χ3v) is 4.23. The predicted octanol–water partition coefficient (Wildman–Crippen LogP) is 4.25. The van der Waals surface area contributed by atoms with Crippen molar-refractivity contribution < 1.29 is 0 Å². The zero-order valence-electron chi connectivity index (χ0n) is 16.7. The van der Waals surface area contributed by atoms with Crippen molar-refractivity contribution in [2.45, 2.75) is 97.3 Å². The Morgan fingerprint density at radius 2 is 0.960 bits per heavy atom. The van der Waals surface area contributed by atoms with Crippen molar-refractivity contribution in [2.24, 2.45) is 0 Å². The lowest BCUT2D eigenvalue weighted by molar-refractivity contribution is 0.547. The number of nitrogens with zero attached hydrogens (tertiary/aromatic N) is 4. The van der Waals surface area contributed by atoms with Gasteiger partial charge in [0.05, 0.1) is 0 Å². The number of aryl methyl sites for hydroxylation is 2. The molecular weight excluding hydrogens is 312 g/mol. The number of rotatable bonds is 8. The van der Waals surface area contributed by atoms with Crippen LogP contribution in [0.2, 0.25) is 0 Å². The van der Waals surface area contributed by atoms with Gasteiger partial charge in [0.15, 0.2) is 11.6 Å². The van der Waals surface area contributed by atoms with Crippen molar-refractivity contribution in [1.29, 1.82) is 0 Å². The van der Waals surface area contributed by atoms with Crippen LogP contribution in [-0.2, 0) is 23.7 Å². The first-order chi connectivity index (χ1) is 11.7. The molecule has 0 saturated heterocycles. The molecule has 6 nitrogen and oxygen atoms in total. The van der Waals surface area contributed by atoms with E-state index in [-0.39, 0.29) is 10.8 Å². The molecule has 0 spiro atoms. The van der Waals surface area contributed by atoms with Crippen molar-refractivity contribution in [3.05, 3.63) is 23.3 Å². The number of unbranched alkanes of at least 4 members (excludes halogenated alkanes) is 4. The van der Waals surface area contributed by atoms with E-state index in [1.807, 2.05) is 0 Å². The highest BCUT2D eigenvalue weighted by Gasteiger charge is 2.19. The van der Waals surface area contributed by atoms with E-state index in [1.54, 1.807) is 0 Å². The van der Waals surface area contributed by atoms with E-state index in [0.29, 0.717) is 0 Å². The van der Waals surface area contributed by atoms with Gasteiger partial charge in [-0.25, -0.2) is 9.97 Å². The van der Waals surface area contributed by atoms with Crippen molar-refractivity contribution in [3.8, 4) is 0 Å². The van der Waals surface area contributed by atoms with Gasteiger partial charge in [-0.1, -0.05) is 60.8 Å². The maximum absolute atomic E-state index is 4.59. The molecule has 0 amide bonds. The van der Waals surface area contributed by atoms with E-state index in [4.69, 9.17) is 0 Å². The molecule has 0 atom stereocenters. The topological polar surface area (TPSA) is 83.1 Å². The lowest BCUT2D eigenvalue weighted by Gasteiger charge is -2.11. The average Bonchev–Trinajstić information content (AvgIpc) is 3.14. The summed E-state index contributed by atoms with van der Waals surface area (Å²) < 4.78 is 0. The van der Waals surface area contributed by atoms with E-state index < -0.39 is 0 Å². The predicted molar refractivity (Wildman–Crippen MR) is 101 cm³/mol. The van der Waals surface area contributed by atoms with Crippen molar-refractivity contribution in [3.63, 3.8) is 0 Å². The summed E-state index contributed by atoms with van der Waals surface area (Å²) in [6, 6.07) is 0. The Hall–Kier alpha value is -1.72. The van der Waals surface area contributed by atoms with Gasteiger partial charge in [-0.15, -0.1) is 0 Å². The minimum Gasteiger partial charge on any atom is -0.263 e.